The summed E-state index contributed by atoms with van der Waals surface area (Å²) in [6.45, 7) is 5.62. The third kappa shape index (κ3) is 6.16. The second kappa shape index (κ2) is 8.75. The first-order valence-corrected chi connectivity index (χ1v) is 8.72. The Kier molecular flexibility index (Phi) is 6.65. The van der Waals surface area contributed by atoms with E-state index in [4.69, 9.17) is 14.2 Å². The van der Waals surface area contributed by atoms with Gasteiger partial charge in [0.05, 0.1) is 19.1 Å². The highest BCUT2D eigenvalue weighted by atomic mass is 16.6. The first kappa shape index (κ1) is 20.5. The van der Waals surface area contributed by atoms with Gasteiger partial charge in [-0.15, -0.1) is 0 Å². The van der Waals surface area contributed by atoms with E-state index in [1.54, 1.807) is 20.8 Å². The van der Waals surface area contributed by atoms with Gasteiger partial charge in [0.2, 0.25) is 0 Å². The zero-order chi connectivity index (χ0) is 20.0. The molecule has 0 unspecified atom stereocenters. The number of carbonyl (C=O) groups excluding carboxylic acids is 3. The number of esters is 1. The predicted molar refractivity (Wildman–Crippen MR) is 96.9 cm³/mol. The van der Waals surface area contributed by atoms with Crippen LogP contribution in [0, 0.1) is 5.92 Å². The maximum Gasteiger partial charge on any atom is 0.410 e. The van der Waals surface area contributed by atoms with Gasteiger partial charge in [-0.25, -0.2) is 9.59 Å². The van der Waals surface area contributed by atoms with Crippen LogP contribution in [-0.4, -0.2) is 54.9 Å². The van der Waals surface area contributed by atoms with E-state index in [0.717, 1.165) is 5.56 Å². The van der Waals surface area contributed by atoms with Crippen molar-refractivity contribution in [2.45, 2.75) is 39.0 Å². The van der Waals surface area contributed by atoms with Crippen molar-refractivity contribution in [3.63, 3.8) is 0 Å². The van der Waals surface area contributed by atoms with Crippen molar-refractivity contribution in [2.24, 2.45) is 5.92 Å². The topological polar surface area (TPSA) is 94.2 Å². The van der Waals surface area contributed by atoms with Gasteiger partial charge in [-0.1, -0.05) is 30.3 Å². The number of likely N-dealkylation sites (tertiary alicyclic amines) is 1. The summed E-state index contributed by atoms with van der Waals surface area (Å²) in [7, 11) is 1.27. The van der Waals surface area contributed by atoms with Crippen LogP contribution in [0.5, 0.6) is 0 Å². The van der Waals surface area contributed by atoms with Crippen LogP contribution in [0.1, 0.15) is 26.3 Å². The molecular weight excluding hydrogens is 352 g/mol. The first-order chi connectivity index (χ1) is 12.7. The summed E-state index contributed by atoms with van der Waals surface area (Å²) in [5, 5.41) is 2.65. The molecule has 0 aliphatic carbocycles. The normalized spacial score (nSPS) is 19.3. The number of benzene rings is 1. The van der Waals surface area contributed by atoms with Gasteiger partial charge in [-0.2, -0.15) is 0 Å². The number of methoxy groups -OCH3 is 1. The average Bonchev–Trinajstić information content (AvgIpc) is 3.03. The monoisotopic (exact) mass is 378 g/mol. The number of nitrogens with zero attached hydrogens (tertiary/aromatic N) is 1. The molecule has 1 saturated heterocycles. The summed E-state index contributed by atoms with van der Waals surface area (Å²) in [5.41, 5.74) is 0.191. The number of amides is 2. The molecule has 2 rings (SSSR count). The van der Waals surface area contributed by atoms with E-state index < -0.39 is 35.7 Å². The van der Waals surface area contributed by atoms with Crippen molar-refractivity contribution in [3.8, 4) is 0 Å². The third-order valence-corrected chi connectivity index (χ3v) is 3.99. The van der Waals surface area contributed by atoms with Crippen LogP contribution in [0.15, 0.2) is 30.3 Å². The molecule has 8 nitrogen and oxygen atoms in total. The number of hydrogen-bond donors (Lipinski definition) is 1. The number of alkyl carbamates (subject to hydrolysis) is 1. The molecule has 0 bridgehead atoms. The highest BCUT2D eigenvalue weighted by molar-refractivity contribution is 5.78. The smallest absolute Gasteiger partial charge is 0.410 e. The third-order valence-electron chi connectivity index (χ3n) is 3.99. The quantitative estimate of drug-likeness (QED) is 0.638. The molecule has 1 fully saturated rings. The van der Waals surface area contributed by atoms with Gasteiger partial charge in [0.1, 0.15) is 12.2 Å². The average molecular weight is 378 g/mol. The van der Waals surface area contributed by atoms with Gasteiger partial charge in [0.15, 0.2) is 0 Å². The standard InChI is InChI=1S/C19H26N2O6/c1-19(2,3)27-18(24)21-10-14(16(22)25-4)15(11-21)20-17(23)26-12-13-8-6-5-7-9-13/h5-9,14-15H,10-12H2,1-4H3,(H,20,23)/t14-,15-/m0/s1. The minimum Gasteiger partial charge on any atom is -0.469 e. The largest absolute Gasteiger partial charge is 0.469 e. The molecule has 1 N–H and O–H groups in total. The van der Waals surface area contributed by atoms with Crippen molar-refractivity contribution in [1.82, 2.24) is 10.2 Å². The fraction of sp³-hybridized carbons (Fsp3) is 0.526. The number of hydrogen-bond acceptors (Lipinski definition) is 6. The second-order valence-corrected chi connectivity index (χ2v) is 7.33. The maximum atomic E-state index is 12.3. The number of carbonyl (C=O) groups is 3. The zero-order valence-corrected chi connectivity index (χ0v) is 16.1. The molecule has 1 aliphatic rings. The summed E-state index contributed by atoms with van der Waals surface area (Å²) in [6.07, 6.45) is -1.21. The van der Waals surface area contributed by atoms with E-state index in [1.165, 1.54) is 12.0 Å². The van der Waals surface area contributed by atoms with Crippen LogP contribution in [-0.2, 0) is 25.6 Å². The molecule has 1 aromatic rings. The van der Waals surface area contributed by atoms with E-state index in [1.807, 2.05) is 30.3 Å². The summed E-state index contributed by atoms with van der Waals surface area (Å²) in [4.78, 5) is 37.8. The van der Waals surface area contributed by atoms with Crippen LogP contribution >= 0.6 is 0 Å². The van der Waals surface area contributed by atoms with Gasteiger partial charge >= 0.3 is 18.2 Å². The van der Waals surface area contributed by atoms with Crippen molar-refractivity contribution in [1.29, 1.82) is 0 Å². The molecule has 0 radical (unpaired) electrons. The number of ether oxygens (including phenoxy) is 3. The zero-order valence-electron chi connectivity index (χ0n) is 16.1. The molecule has 1 aliphatic heterocycles. The number of rotatable bonds is 4. The molecule has 27 heavy (non-hydrogen) atoms. The second-order valence-electron chi connectivity index (χ2n) is 7.33. The lowest BCUT2D eigenvalue weighted by molar-refractivity contribution is -0.145. The number of nitrogens with one attached hydrogen (secondary N) is 1. The lowest BCUT2D eigenvalue weighted by Gasteiger charge is -2.24. The van der Waals surface area contributed by atoms with E-state index in [-0.39, 0.29) is 19.7 Å². The molecule has 2 amide bonds. The van der Waals surface area contributed by atoms with Crippen LogP contribution in [0.2, 0.25) is 0 Å². The Morgan fingerprint density at radius 3 is 2.41 bits per heavy atom. The van der Waals surface area contributed by atoms with Gasteiger partial charge in [-0.05, 0) is 26.3 Å². The Morgan fingerprint density at radius 2 is 1.81 bits per heavy atom. The fourth-order valence-electron chi connectivity index (χ4n) is 2.73. The molecule has 8 heteroatoms. The van der Waals surface area contributed by atoms with Gasteiger partial charge in [0, 0.05) is 13.1 Å². The Labute approximate surface area is 158 Å². The lowest BCUT2D eigenvalue weighted by Crippen LogP contribution is -2.43. The Bertz CT molecular complexity index is 671. The minimum atomic E-state index is -0.688. The van der Waals surface area contributed by atoms with Crippen molar-refractivity contribution in [2.75, 3.05) is 20.2 Å². The molecule has 0 saturated carbocycles. The first-order valence-electron chi connectivity index (χ1n) is 8.72. The molecule has 0 spiro atoms. The van der Waals surface area contributed by atoms with E-state index >= 15 is 0 Å². The Hall–Kier alpha value is -2.77. The summed E-state index contributed by atoms with van der Waals surface area (Å²) >= 11 is 0. The van der Waals surface area contributed by atoms with Crippen LogP contribution in [0.25, 0.3) is 0 Å². The SMILES string of the molecule is COC(=O)[C@H]1CN(C(=O)OC(C)(C)C)C[C@@H]1NC(=O)OCc1ccccc1. The van der Waals surface area contributed by atoms with Gasteiger partial charge in [0.25, 0.3) is 0 Å². The van der Waals surface area contributed by atoms with Gasteiger partial charge < -0.3 is 24.4 Å². The molecular formula is C19H26N2O6. The maximum absolute atomic E-state index is 12.3. The van der Waals surface area contributed by atoms with E-state index in [2.05, 4.69) is 5.32 Å². The molecule has 0 aromatic heterocycles. The van der Waals surface area contributed by atoms with Crippen LogP contribution in [0.4, 0.5) is 9.59 Å². The highest BCUT2D eigenvalue weighted by Gasteiger charge is 2.42. The van der Waals surface area contributed by atoms with E-state index in [9.17, 15) is 14.4 Å². The Morgan fingerprint density at radius 1 is 1.15 bits per heavy atom. The van der Waals surface area contributed by atoms with Crippen LogP contribution < -0.4 is 5.32 Å². The molecule has 2 atom stereocenters. The molecule has 1 aromatic carbocycles. The van der Waals surface area contributed by atoms with E-state index in [0.29, 0.717) is 0 Å². The summed E-state index contributed by atoms with van der Waals surface area (Å²) in [6, 6.07) is 8.62. The Balaban J connectivity index is 1.96. The fourth-order valence-corrected chi connectivity index (χ4v) is 2.73. The minimum absolute atomic E-state index is 0.102. The summed E-state index contributed by atoms with van der Waals surface area (Å²) in [5.74, 6) is -1.19. The van der Waals surface area contributed by atoms with Crippen molar-refractivity contribution >= 4 is 18.2 Å². The highest BCUT2D eigenvalue weighted by Crippen LogP contribution is 2.21. The predicted octanol–water partition coefficient (Wildman–Crippen LogP) is 2.32. The molecule has 148 valence electrons. The van der Waals surface area contributed by atoms with Crippen molar-refractivity contribution < 1.29 is 28.6 Å². The molecule has 1 heterocycles. The summed E-state index contributed by atoms with van der Waals surface area (Å²) < 4.78 is 15.3. The lowest BCUT2D eigenvalue weighted by atomic mass is 10.0. The van der Waals surface area contributed by atoms with Crippen molar-refractivity contribution in [3.05, 3.63) is 35.9 Å². The van der Waals surface area contributed by atoms with Crippen LogP contribution in [0.3, 0.4) is 0 Å². The van der Waals surface area contributed by atoms with Gasteiger partial charge in [-0.3, -0.25) is 4.79 Å².